The van der Waals surface area contributed by atoms with E-state index in [1.54, 1.807) is 0 Å². The molecule has 0 aliphatic carbocycles. The smallest absolute Gasteiger partial charge is 0.0966 e. The Morgan fingerprint density at radius 3 is 1.90 bits per heavy atom. The van der Waals surface area contributed by atoms with Crippen molar-refractivity contribution in [3.8, 4) is 0 Å². The van der Waals surface area contributed by atoms with Gasteiger partial charge in [-0.05, 0) is 13.0 Å². The molecule has 0 radical (unpaired) electrons. The first-order valence-electron chi connectivity index (χ1n) is 3.05. The summed E-state index contributed by atoms with van der Waals surface area (Å²) in [6.45, 7) is 8.10. The van der Waals surface area contributed by atoms with E-state index >= 15 is 0 Å². The third-order valence-electron chi connectivity index (χ3n) is 1.48. The Kier molecular flexibility index (Phi) is 11.7. The van der Waals surface area contributed by atoms with E-state index < -0.39 is 0 Å². The van der Waals surface area contributed by atoms with Crippen molar-refractivity contribution in [2.45, 2.75) is 6.92 Å². The standard InChI is InChI=1S/C7H16N.ClH.H2O/c1-5-7-8(3,4)6-2;;/h5H,1,6-7H2,2-4H3;1H;1H2/q+1;;/p-1. The van der Waals surface area contributed by atoms with Crippen LogP contribution in [0.3, 0.4) is 0 Å². The number of quaternary nitrogens is 1. The largest absolute Gasteiger partial charge is 1.00 e. The average molecular weight is 168 g/mol. The summed E-state index contributed by atoms with van der Waals surface area (Å²) < 4.78 is 1.05. The number of nitrogens with zero attached hydrogens (tertiary/aromatic N) is 1. The van der Waals surface area contributed by atoms with Crippen LogP contribution in [0.1, 0.15) is 6.92 Å². The summed E-state index contributed by atoms with van der Waals surface area (Å²) in [5.41, 5.74) is 0. The van der Waals surface area contributed by atoms with Crippen LogP contribution in [0, 0.1) is 0 Å². The van der Waals surface area contributed by atoms with Crippen molar-refractivity contribution >= 4 is 0 Å². The van der Waals surface area contributed by atoms with Crippen LogP contribution < -0.4 is 12.4 Å². The molecule has 10 heavy (non-hydrogen) atoms. The molecule has 0 rings (SSSR count). The van der Waals surface area contributed by atoms with Gasteiger partial charge in [-0.3, -0.25) is 0 Å². The zero-order valence-electron chi connectivity index (χ0n) is 7.02. The Hall–Kier alpha value is -0.0500. The average Bonchev–Trinajstić information content (AvgIpc) is 1.67. The minimum absolute atomic E-state index is 0. The van der Waals surface area contributed by atoms with E-state index in [9.17, 15) is 0 Å². The van der Waals surface area contributed by atoms with E-state index in [4.69, 9.17) is 0 Å². The number of halogens is 1. The predicted octanol–water partition coefficient (Wildman–Crippen LogP) is -2.55. The molecule has 0 aliphatic heterocycles. The van der Waals surface area contributed by atoms with Gasteiger partial charge in [-0.2, -0.15) is 0 Å². The second-order valence-corrected chi connectivity index (χ2v) is 2.72. The number of rotatable bonds is 3. The highest BCUT2D eigenvalue weighted by molar-refractivity contribution is 4.63. The first kappa shape index (κ1) is 16.5. The molecule has 0 unspecified atom stereocenters. The van der Waals surface area contributed by atoms with Crippen LogP contribution in [0.25, 0.3) is 0 Å². The Morgan fingerprint density at radius 2 is 1.80 bits per heavy atom. The first-order valence-corrected chi connectivity index (χ1v) is 3.05. The van der Waals surface area contributed by atoms with Gasteiger partial charge in [-0.1, -0.05) is 6.58 Å². The van der Waals surface area contributed by atoms with Crippen LogP contribution in [0.15, 0.2) is 12.7 Å². The van der Waals surface area contributed by atoms with Gasteiger partial charge in [-0.25, -0.2) is 0 Å². The second kappa shape index (κ2) is 7.06. The third kappa shape index (κ3) is 7.95. The fraction of sp³-hybridized carbons (Fsp3) is 0.714. The van der Waals surface area contributed by atoms with Gasteiger partial charge in [0.2, 0.25) is 0 Å². The number of likely N-dealkylation sites (N-methyl/N-ethyl adjacent to an activating group) is 1. The first-order chi connectivity index (χ1) is 3.62. The molecule has 0 atom stereocenters. The SMILES string of the molecule is C=CC[N+](C)(C)CC.O.[Cl-]. The Labute approximate surface area is 69.8 Å². The normalized spacial score (nSPS) is 9.10. The van der Waals surface area contributed by atoms with Gasteiger partial charge in [-0.15, -0.1) is 0 Å². The highest BCUT2D eigenvalue weighted by Gasteiger charge is 2.06. The Balaban J connectivity index is -0.000000245. The van der Waals surface area contributed by atoms with Crippen molar-refractivity contribution in [1.29, 1.82) is 0 Å². The predicted molar refractivity (Wildman–Crippen MR) is 41.3 cm³/mol. The summed E-state index contributed by atoms with van der Waals surface area (Å²) in [7, 11) is 4.39. The van der Waals surface area contributed by atoms with Gasteiger partial charge in [0, 0.05) is 0 Å². The topological polar surface area (TPSA) is 31.5 Å². The third-order valence-corrected chi connectivity index (χ3v) is 1.48. The van der Waals surface area contributed by atoms with E-state index in [1.165, 1.54) is 6.54 Å². The summed E-state index contributed by atoms with van der Waals surface area (Å²) >= 11 is 0. The number of hydrogen-bond donors (Lipinski definition) is 0. The molecule has 0 bridgehead atoms. The highest BCUT2D eigenvalue weighted by atomic mass is 35.5. The van der Waals surface area contributed by atoms with Crippen molar-refractivity contribution in [3.05, 3.63) is 12.7 Å². The Bertz CT molecular complexity index is 83.7. The molecule has 0 saturated heterocycles. The molecule has 0 aromatic carbocycles. The minimum atomic E-state index is 0. The molecule has 0 saturated carbocycles. The maximum Gasteiger partial charge on any atom is 0.0966 e. The lowest BCUT2D eigenvalue weighted by Crippen LogP contribution is -3.00. The van der Waals surface area contributed by atoms with Gasteiger partial charge in [0.05, 0.1) is 27.2 Å². The van der Waals surface area contributed by atoms with Crippen LogP contribution in [-0.2, 0) is 0 Å². The van der Waals surface area contributed by atoms with Crippen molar-refractivity contribution in [3.63, 3.8) is 0 Å². The monoisotopic (exact) mass is 167 g/mol. The molecule has 0 aromatic rings. The van der Waals surface area contributed by atoms with Gasteiger partial charge in [0.25, 0.3) is 0 Å². The summed E-state index contributed by atoms with van der Waals surface area (Å²) in [5.74, 6) is 0. The molecular formula is C7H18ClNO. The van der Waals surface area contributed by atoms with Crippen molar-refractivity contribution in [1.82, 2.24) is 0 Å². The quantitative estimate of drug-likeness (QED) is 0.328. The molecule has 2 N–H and O–H groups in total. The molecule has 3 heteroatoms. The van der Waals surface area contributed by atoms with Crippen molar-refractivity contribution < 1.29 is 22.4 Å². The fourth-order valence-electron chi connectivity index (χ4n) is 0.479. The van der Waals surface area contributed by atoms with Crippen LogP contribution in [0.5, 0.6) is 0 Å². The van der Waals surface area contributed by atoms with E-state index in [2.05, 4.69) is 27.6 Å². The molecule has 0 spiro atoms. The lowest BCUT2D eigenvalue weighted by atomic mass is 10.4. The van der Waals surface area contributed by atoms with E-state index in [0.717, 1.165) is 11.0 Å². The van der Waals surface area contributed by atoms with Gasteiger partial charge >= 0.3 is 0 Å². The van der Waals surface area contributed by atoms with Gasteiger partial charge in [0.1, 0.15) is 0 Å². The molecule has 0 fully saturated rings. The zero-order chi connectivity index (χ0) is 6.62. The van der Waals surface area contributed by atoms with Crippen LogP contribution in [-0.4, -0.2) is 37.1 Å². The lowest BCUT2D eigenvalue weighted by Gasteiger charge is -2.26. The molecular weight excluding hydrogens is 150 g/mol. The maximum absolute atomic E-state index is 3.68. The summed E-state index contributed by atoms with van der Waals surface area (Å²) in [4.78, 5) is 0. The molecule has 0 aromatic heterocycles. The molecule has 0 heterocycles. The van der Waals surface area contributed by atoms with Gasteiger partial charge in [0.15, 0.2) is 0 Å². The van der Waals surface area contributed by atoms with Crippen LogP contribution in [0.2, 0.25) is 0 Å². The summed E-state index contributed by atoms with van der Waals surface area (Å²) in [5, 5.41) is 0. The van der Waals surface area contributed by atoms with Crippen LogP contribution in [0.4, 0.5) is 0 Å². The zero-order valence-corrected chi connectivity index (χ0v) is 7.78. The molecule has 64 valence electrons. The van der Waals surface area contributed by atoms with Crippen molar-refractivity contribution in [2.75, 3.05) is 27.2 Å². The second-order valence-electron chi connectivity index (χ2n) is 2.72. The molecule has 0 amide bonds. The van der Waals surface area contributed by atoms with Crippen molar-refractivity contribution in [2.24, 2.45) is 0 Å². The van der Waals surface area contributed by atoms with E-state index in [1.807, 2.05) is 6.08 Å². The maximum atomic E-state index is 3.68. The fourth-order valence-corrected chi connectivity index (χ4v) is 0.479. The van der Waals surface area contributed by atoms with Crippen LogP contribution >= 0.6 is 0 Å². The van der Waals surface area contributed by atoms with Gasteiger partial charge < -0.3 is 22.4 Å². The molecule has 0 aliphatic rings. The summed E-state index contributed by atoms with van der Waals surface area (Å²) in [6, 6.07) is 0. The number of hydrogen-bond acceptors (Lipinski definition) is 0. The minimum Gasteiger partial charge on any atom is -1.00 e. The Morgan fingerprint density at radius 1 is 1.40 bits per heavy atom. The summed E-state index contributed by atoms with van der Waals surface area (Å²) in [6.07, 6.45) is 1.96. The highest BCUT2D eigenvalue weighted by Crippen LogP contribution is 1.93. The molecule has 2 nitrogen and oxygen atoms in total. The van der Waals surface area contributed by atoms with E-state index in [-0.39, 0.29) is 17.9 Å². The lowest BCUT2D eigenvalue weighted by molar-refractivity contribution is -0.882. The van der Waals surface area contributed by atoms with E-state index in [0.29, 0.717) is 0 Å².